The van der Waals surface area contributed by atoms with Crippen LogP contribution in [-0.4, -0.2) is 10.8 Å². The first-order valence-corrected chi connectivity index (χ1v) is 6.74. The molecular weight excluding hydrogens is 307 g/mol. The lowest BCUT2D eigenvalue weighted by molar-refractivity contribution is -0.137. The molecule has 0 spiro atoms. The molecule has 0 atom stereocenters. The molecule has 0 aliphatic rings. The Hall–Kier alpha value is -2.63. The summed E-state index contributed by atoms with van der Waals surface area (Å²) in [7, 11) is 0. The first-order valence-electron chi connectivity index (χ1n) is 6.74. The second-order valence-corrected chi connectivity index (χ2v) is 4.96. The molecule has 0 aliphatic carbocycles. The quantitative estimate of drug-likeness (QED) is 0.761. The molecule has 0 unspecified atom stereocenters. The van der Waals surface area contributed by atoms with Crippen LogP contribution in [0.2, 0.25) is 0 Å². The molecule has 0 N–H and O–H groups in total. The minimum absolute atomic E-state index is 0.0184. The van der Waals surface area contributed by atoms with Crippen LogP contribution < -0.4 is 4.74 Å². The summed E-state index contributed by atoms with van der Waals surface area (Å²) >= 11 is 0. The van der Waals surface area contributed by atoms with Crippen molar-refractivity contribution >= 4 is 5.78 Å². The second kappa shape index (κ2) is 6.64. The molecule has 0 amide bonds. The number of aryl methyl sites for hydroxylation is 1. The number of ether oxygens (including phenoxy) is 1. The summed E-state index contributed by atoms with van der Waals surface area (Å²) in [6.45, 7) is 5.16. The lowest BCUT2D eigenvalue weighted by Crippen LogP contribution is -2.05. The fraction of sp³-hybridized carbons (Fsp3) is 0.176. The largest absolute Gasteiger partial charge is 0.455 e. The summed E-state index contributed by atoms with van der Waals surface area (Å²) < 4.78 is 43.6. The molecule has 2 rings (SSSR count). The number of carbonyl (C=O) groups excluding carboxylic acids is 1. The summed E-state index contributed by atoms with van der Waals surface area (Å²) in [6, 6.07) is 6.00. The number of alkyl halides is 3. The standard InChI is InChI=1S/C17H14F3NO2/c1-3-14(22)6-12-5-4-11(2)16(7-12)23-15-8-13(9-21-10-15)17(18,19)20/h3-5,7-10H,1,6H2,2H3. The van der Waals surface area contributed by atoms with Gasteiger partial charge in [0.15, 0.2) is 5.78 Å². The third-order valence-corrected chi connectivity index (χ3v) is 3.13. The third-order valence-electron chi connectivity index (χ3n) is 3.13. The highest BCUT2D eigenvalue weighted by Gasteiger charge is 2.31. The van der Waals surface area contributed by atoms with E-state index in [-0.39, 0.29) is 18.0 Å². The van der Waals surface area contributed by atoms with E-state index in [1.54, 1.807) is 25.1 Å². The molecule has 1 aromatic heterocycles. The van der Waals surface area contributed by atoms with Gasteiger partial charge in [-0.15, -0.1) is 0 Å². The first-order chi connectivity index (χ1) is 10.8. The van der Waals surface area contributed by atoms with Gasteiger partial charge in [0.2, 0.25) is 0 Å². The number of aromatic nitrogens is 1. The van der Waals surface area contributed by atoms with Gasteiger partial charge in [-0.3, -0.25) is 9.78 Å². The molecule has 120 valence electrons. The van der Waals surface area contributed by atoms with E-state index in [0.717, 1.165) is 17.8 Å². The van der Waals surface area contributed by atoms with Crippen LogP contribution in [0.4, 0.5) is 13.2 Å². The van der Waals surface area contributed by atoms with Crippen LogP contribution in [0.15, 0.2) is 49.3 Å². The molecule has 3 nitrogen and oxygen atoms in total. The van der Waals surface area contributed by atoms with Crippen molar-refractivity contribution in [2.45, 2.75) is 19.5 Å². The number of rotatable bonds is 5. The highest BCUT2D eigenvalue weighted by Crippen LogP contribution is 2.32. The number of hydrogen-bond donors (Lipinski definition) is 0. The normalized spacial score (nSPS) is 11.1. The lowest BCUT2D eigenvalue weighted by atomic mass is 10.1. The number of allylic oxidation sites excluding steroid dienone is 1. The maximum atomic E-state index is 12.7. The van der Waals surface area contributed by atoms with E-state index in [4.69, 9.17) is 4.74 Å². The Balaban J connectivity index is 2.27. The van der Waals surface area contributed by atoms with Crippen molar-refractivity contribution < 1.29 is 22.7 Å². The zero-order valence-corrected chi connectivity index (χ0v) is 12.4. The van der Waals surface area contributed by atoms with Gasteiger partial charge in [-0.05, 0) is 36.3 Å². The minimum atomic E-state index is -4.49. The van der Waals surface area contributed by atoms with Gasteiger partial charge in [-0.25, -0.2) is 0 Å². The van der Waals surface area contributed by atoms with Crippen LogP contribution in [0.25, 0.3) is 0 Å². The number of ketones is 1. The van der Waals surface area contributed by atoms with Crippen LogP contribution in [0.5, 0.6) is 11.5 Å². The highest BCUT2D eigenvalue weighted by molar-refractivity contribution is 5.90. The molecule has 0 bridgehead atoms. The molecule has 23 heavy (non-hydrogen) atoms. The highest BCUT2D eigenvalue weighted by atomic mass is 19.4. The Kier molecular flexibility index (Phi) is 4.83. The number of hydrogen-bond acceptors (Lipinski definition) is 3. The number of nitrogens with zero attached hydrogens (tertiary/aromatic N) is 1. The Morgan fingerprint density at radius 1 is 1.30 bits per heavy atom. The van der Waals surface area contributed by atoms with E-state index in [2.05, 4.69) is 11.6 Å². The van der Waals surface area contributed by atoms with Crippen LogP contribution in [0, 0.1) is 6.92 Å². The maximum absolute atomic E-state index is 12.7. The van der Waals surface area contributed by atoms with Gasteiger partial charge in [0.25, 0.3) is 0 Å². The van der Waals surface area contributed by atoms with Gasteiger partial charge in [0, 0.05) is 12.6 Å². The SMILES string of the molecule is C=CC(=O)Cc1ccc(C)c(Oc2cncc(C(F)(F)F)c2)c1. The third kappa shape index (κ3) is 4.42. The van der Waals surface area contributed by atoms with Crippen molar-refractivity contribution in [1.29, 1.82) is 0 Å². The molecule has 0 saturated carbocycles. The van der Waals surface area contributed by atoms with Crippen LogP contribution >= 0.6 is 0 Å². The van der Waals surface area contributed by atoms with Crippen molar-refractivity contribution in [3.05, 3.63) is 66.0 Å². The van der Waals surface area contributed by atoms with Crippen LogP contribution in [0.1, 0.15) is 16.7 Å². The average Bonchev–Trinajstić information content (AvgIpc) is 2.50. The molecule has 0 fully saturated rings. The molecule has 0 radical (unpaired) electrons. The molecule has 0 aliphatic heterocycles. The minimum Gasteiger partial charge on any atom is -0.455 e. The zero-order chi connectivity index (χ0) is 17.0. The predicted molar refractivity (Wildman–Crippen MR) is 79.4 cm³/mol. The average molecular weight is 321 g/mol. The number of halogens is 3. The molecule has 2 aromatic rings. The Morgan fingerprint density at radius 2 is 2.04 bits per heavy atom. The van der Waals surface area contributed by atoms with E-state index in [9.17, 15) is 18.0 Å². The van der Waals surface area contributed by atoms with Crippen molar-refractivity contribution in [3.8, 4) is 11.5 Å². The van der Waals surface area contributed by atoms with E-state index in [1.807, 2.05) is 0 Å². The summed E-state index contributed by atoms with van der Waals surface area (Å²) in [4.78, 5) is 14.9. The van der Waals surface area contributed by atoms with Crippen molar-refractivity contribution in [1.82, 2.24) is 4.98 Å². The van der Waals surface area contributed by atoms with Crippen molar-refractivity contribution in [2.75, 3.05) is 0 Å². The monoisotopic (exact) mass is 321 g/mol. The Morgan fingerprint density at radius 3 is 2.70 bits per heavy atom. The molecule has 1 heterocycles. The molecule has 0 saturated heterocycles. The lowest BCUT2D eigenvalue weighted by Gasteiger charge is -2.12. The van der Waals surface area contributed by atoms with Gasteiger partial charge in [-0.2, -0.15) is 13.2 Å². The van der Waals surface area contributed by atoms with Crippen LogP contribution in [-0.2, 0) is 17.4 Å². The van der Waals surface area contributed by atoms with E-state index >= 15 is 0 Å². The maximum Gasteiger partial charge on any atom is 0.418 e. The van der Waals surface area contributed by atoms with Gasteiger partial charge in [0.1, 0.15) is 11.5 Å². The van der Waals surface area contributed by atoms with Gasteiger partial charge in [0.05, 0.1) is 11.8 Å². The van der Waals surface area contributed by atoms with E-state index in [1.165, 1.54) is 12.3 Å². The summed E-state index contributed by atoms with van der Waals surface area (Å²) in [5.74, 6) is 0.205. The molecular formula is C17H14F3NO2. The Bertz CT molecular complexity index is 739. The number of benzene rings is 1. The van der Waals surface area contributed by atoms with Gasteiger partial charge < -0.3 is 4.74 Å². The topological polar surface area (TPSA) is 39.2 Å². The molecule has 6 heteroatoms. The summed E-state index contributed by atoms with van der Waals surface area (Å²) in [5, 5.41) is 0. The van der Waals surface area contributed by atoms with E-state index in [0.29, 0.717) is 11.3 Å². The fourth-order valence-corrected chi connectivity index (χ4v) is 1.89. The summed E-state index contributed by atoms with van der Waals surface area (Å²) in [5.41, 5.74) is 0.540. The number of pyridine rings is 1. The fourth-order valence-electron chi connectivity index (χ4n) is 1.89. The van der Waals surface area contributed by atoms with E-state index < -0.39 is 11.7 Å². The zero-order valence-electron chi connectivity index (χ0n) is 12.4. The van der Waals surface area contributed by atoms with Crippen molar-refractivity contribution in [2.24, 2.45) is 0 Å². The first kappa shape index (κ1) is 16.7. The van der Waals surface area contributed by atoms with Gasteiger partial charge >= 0.3 is 6.18 Å². The number of carbonyl (C=O) groups is 1. The summed E-state index contributed by atoms with van der Waals surface area (Å²) in [6.07, 6.45) is -1.17. The smallest absolute Gasteiger partial charge is 0.418 e. The van der Waals surface area contributed by atoms with Crippen LogP contribution in [0.3, 0.4) is 0 Å². The van der Waals surface area contributed by atoms with Gasteiger partial charge in [-0.1, -0.05) is 18.7 Å². The second-order valence-electron chi connectivity index (χ2n) is 4.96. The Labute approximate surface area is 131 Å². The van der Waals surface area contributed by atoms with Crippen molar-refractivity contribution in [3.63, 3.8) is 0 Å². The predicted octanol–water partition coefficient (Wildman–Crippen LogP) is 4.50. The molecule has 1 aromatic carbocycles.